The van der Waals surface area contributed by atoms with E-state index in [-0.39, 0.29) is 6.54 Å². The maximum Gasteiger partial charge on any atom is 0.194 e. The van der Waals surface area contributed by atoms with Crippen LogP contribution in [-0.4, -0.2) is 50.3 Å². The second-order valence-electron chi connectivity index (χ2n) is 6.34. The Bertz CT molecular complexity index is 810. The number of aryl methyl sites for hydroxylation is 1. The lowest BCUT2D eigenvalue weighted by Crippen LogP contribution is -2.39. The van der Waals surface area contributed by atoms with Crippen LogP contribution in [0.25, 0.3) is 0 Å². The molecular formula is C20H28ClN3O3S. The van der Waals surface area contributed by atoms with Crippen molar-refractivity contribution in [1.82, 2.24) is 10.2 Å². The first kappa shape index (κ1) is 22.3. The number of nitrogens with zero attached hydrogens (tertiary/aromatic N) is 2. The summed E-state index contributed by atoms with van der Waals surface area (Å²) in [4.78, 5) is 7.42. The van der Waals surface area contributed by atoms with Crippen molar-refractivity contribution >= 4 is 28.9 Å². The molecule has 0 saturated heterocycles. The SMILES string of the molecule is CCNC(=NCC(O)c1ccc(Cl)s1)N(C)Cc1cc(OC)c(OC)cc1C. The molecule has 1 heterocycles. The molecule has 0 amide bonds. The molecular weight excluding hydrogens is 398 g/mol. The number of aliphatic hydroxyl groups is 1. The van der Waals surface area contributed by atoms with Crippen LogP contribution in [-0.2, 0) is 6.54 Å². The van der Waals surface area contributed by atoms with Crippen molar-refractivity contribution in [2.24, 2.45) is 4.99 Å². The third kappa shape index (κ3) is 5.77. The molecule has 1 unspecified atom stereocenters. The maximum atomic E-state index is 10.4. The molecule has 8 heteroatoms. The molecule has 1 atom stereocenters. The predicted octanol–water partition coefficient (Wildman–Crippen LogP) is 3.86. The molecule has 2 aromatic rings. The van der Waals surface area contributed by atoms with E-state index in [0.717, 1.165) is 28.5 Å². The highest BCUT2D eigenvalue weighted by atomic mass is 35.5. The number of thiophene rings is 1. The standard InChI is InChI=1S/C20H28ClN3O3S/c1-6-22-20(23-11-15(25)18-7-8-19(21)28-18)24(3)12-14-10-17(27-5)16(26-4)9-13(14)2/h7-10,15,25H,6,11-12H2,1-5H3,(H,22,23). The van der Waals surface area contributed by atoms with Crippen molar-refractivity contribution in [2.75, 3.05) is 34.4 Å². The summed E-state index contributed by atoms with van der Waals surface area (Å²) >= 11 is 7.32. The van der Waals surface area contributed by atoms with Crippen LogP contribution in [0.15, 0.2) is 29.3 Å². The van der Waals surface area contributed by atoms with Gasteiger partial charge in [-0.3, -0.25) is 4.99 Å². The zero-order valence-corrected chi connectivity index (χ0v) is 18.5. The Morgan fingerprint density at radius 3 is 2.54 bits per heavy atom. The topological polar surface area (TPSA) is 66.3 Å². The molecule has 1 aromatic heterocycles. The zero-order chi connectivity index (χ0) is 20.7. The number of halogens is 1. The van der Waals surface area contributed by atoms with Crippen molar-refractivity contribution in [1.29, 1.82) is 0 Å². The van der Waals surface area contributed by atoms with Gasteiger partial charge in [0.2, 0.25) is 0 Å². The summed E-state index contributed by atoms with van der Waals surface area (Å²) in [5.74, 6) is 2.13. The fourth-order valence-corrected chi connectivity index (χ4v) is 3.80. The van der Waals surface area contributed by atoms with E-state index in [1.807, 2.05) is 44.0 Å². The van der Waals surface area contributed by atoms with Crippen LogP contribution in [0.5, 0.6) is 11.5 Å². The van der Waals surface area contributed by atoms with E-state index in [9.17, 15) is 5.11 Å². The largest absolute Gasteiger partial charge is 0.493 e. The summed E-state index contributed by atoms with van der Waals surface area (Å²) in [6.45, 7) is 5.68. The molecule has 2 rings (SSSR count). The van der Waals surface area contributed by atoms with Gasteiger partial charge >= 0.3 is 0 Å². The van der Waals surface area contributed by atoms with Gasteiger partial charge in [-0.2, -0.15) is 0 Å². The number of hydrogen-bond acceptors (Lipinski definition) is 5. The minimum absolute atomic E-state index is 0.258. The molecule has 6 nitrogen and oxygen atoms in total. The summed E-state index contributed by atoms with van der Waals surface area (Å²) in [6, 6.07) is 7.57. The average Bonchev–Trinajstić information content (AvgIpc) is 3.12. The number of aliphatic hydroxyl groups excluding tert-OH is 1. The number of hydrogen-bond donors (Lipinski definition) is 2. The third-order valence-corrected chi connectivity index (χ3v) is 5.61. The van der Waals surface area contributed by atoms with Gasteiger partial charge in [-0.15, -0.1) is 11.3 Å². The number of guanidine groups is 1. The Kier molecular flexibility index (Phi) is 8.41. The van der Waals surface area contributed by atoms with E-state index in [2.05, 4.69) is 10.3 Å². The second-order valence-corrected chi connectivity index (χ2v) is 8.09. The monoisotopic (exact) mass is 425 g/mol. The molecule has 0 spiro atoms. The van der Waals surface area contributed by atoms with E-state index in [1.54, 1.807) is 20.3 Å². The quantitative estimate of drug-likeness (QED) is 0.496. The Morgan fingerprint density at radius 1 is 1.29 bits per heavy atom. The number of methoxy groups -OCH3 is 2. The van der Waals surface area contributed by atoms with Crippen molar-refractivity contribution in [3.63, 3.8) is 0 Å². The molecule has 28 heavy (non-hydrogen) atoms. The van der Waals surface area contributed by atoms with E-state index in [4.69, 9.17) is 21.1 Å². The maximum absolute atomic E-state index is 10.4. The molecule has 0 bridgehead atoms. The van der Waals surface area contributed by atoms with Crippen LogP contribution in [0.1, 0.15) is 29.0 Å². The average molecular weight is 426 g/mol. The van der Waals surface area contributed by atoms with Gasteiger partial charge in [0.1, 0.15) is 6.10 Å². The van der Waals surface area contributed by atoms with Gasteiger partial charge in [0.25, 0.3) is 0 Å². The number of aliphatic imine (C=N–C) groups is 1. The van der Waals surface area contributed by atoms with E-state index < -0.39 is 6.10 Å². The summed E-state index contributed by atoms with van der Waals surface area (Å²) in [7, 11) is 5.22. The highest BCUT2D eigenvalue weighted by Gasteiger charge is 2.14. The molecule has 1 aromatic carbocycles. The first-order valence-electron chi connectivity index (χ1n) is 9.03. The minimum Gasteiger partial charge on any atom is -0.493 e. The number of nitrogens with one attached hydrogen (secondary N) is 1. The third-order valence-electron chi connectivity index (χ3n) is 4.28. The van der Waals surface area contributed by atoms with E-state index in [0.29, 0.717) is 22.4 Å². The first-order valence-corrected chi connectivity index (χ1v) is 10.2. The van der Waals surface area contributed by atoms with Gasteiger partial charge < -0.3 is 24.8 Å². The first-order chi connectivity index (χ1) is 13.4. The summed E-state index contributed by atoms with van der Waals surface area (Å²) < 4.78 is 11.4. The van der Waals surface area contributed by atoms with Crippen molar-refractivity contribution < 1.29 is 14.6 Å². The fraction of sp³-hybridized carbons (Fsp3) is 0.450. The second kappa shape index (κ2) is 10.5. The summed E-state index contributed by atoms with van der Waals surface area (Å²) in [5, 5.41) is 13.6. The number of ether oxygens (including phenoxy) is 2. The van der Waals surface area contributed by atoms with E-state index >= 15 is 0 Å². The molecule has 0 aliphatic carbocycles. The highest BCUT2D eigenvalue weighted by molar-refractivity contribution is 7.16. The fourth-order valence-electron chi connectivity index (χ4n) is 2.76. The van der Waals surface area contributed by atoms with Crippen LogP contribution < -0.4 is 14.8 Å². The molecule has 2 N–H and O–H groups in total. The molecule has 0 aliphatic heterocycles. The van der Waals surface area contributed by atoms with Crippen LogP contribution >= 0.6 is 22.9 Å². The van der Waals surface area contributed by atoms with Crippen LogP contribution in [0.4, 0.5) is 0 Å². The molecule has 0 radical (unpaired) electrons. The Hall–Kier alpha value is -1.96. The number of benzene rings is 1. The highest BCUT2D eigenvalue weighted by Crippen LogP contribution is 2.31. The van der Waals surface area contributed by atoms with Crippen molar-refractivity contribution in [2.45, 2.75) is 26.5 Å². The smallest absolute Gasteiger partial charge is 0.194 e. The van der Waals surface area contributed by atoms with Gasteiger partial charge in [-0.25, -0.2) is 0 Å². The normalized spacial score (nSPS) is 12.6. The number of rotatable bonds is 8. The molecule has 154 valence electrons. The molecule has 0 saturated carbocycles. The summed E-state index contributed by atoms with van der Waals surface area (Å²) in [6.07, 6.45) is -0.678. The van der Waals surface area contributed by atoms with Crippen molar-refractivity contribution in [3.05, 3.63) is 44.6 Å². The Morgan fingerprint density at radius 2 is 1.96 bits per heavy atom. The van der Waals surface area contributed by atoms with Crippen LogP contribution in [0, 0.1) is 6.92 Å². The Balaban J connectivity index is 2.15. The van der Waals surface area contributed by atoms with Crippen LogP contribution in [0.3, 0.4) is 0 Å². The Labute approximate surface area is 175 Å². The van der Waals surface area contributed by atoms with Gasteiger partial charge in [0, 0.05) is 25.0 Å². The predicted molar refractivity (Wildman–Crippen MR) is 116 cm³/mol. The minimum atomic E-state index is -0.678. The molecule has 0 aliphatic rings. The van der Waals surface area contributed by atoms with Crippen molar-refractivity contribution in [3.8, 4) is 11.5 Å². The lowest BCUT2D eigenvalue weighted by molar-refractivity contribution is 0.190. The molecule has 0 fully saturated rings. The lowest BCUT2D eigenvalue weighted by atomic mass is 10.1. The van der Waals surface area contributed by atoms with E-state index in [1.165, 1.54) is 11.3 Å². The van der Waals surface area contributed by atoms with Gasteiger partial charge in [0.15, 0.2) is 17.5 Å². The van der Waals surface area contributed by atoms with Gasteiger partial charge in [0.05, 0.1) is 25.1 Å². The van der Waals surface area contributed by atoms with Gasteiger partial charge in [-0.1, -0.05) is 11.6 Å². The van der Waals surface area contributed by atoms with Gasteiger partial charge in [-0.05, 0) is 49.2 Å². The zero-order valence-electron chi connectivity index (χ0n) is 17.0. The van der Waals surface area contributed by atoms with Crippen LogP contribution in [0.2, 0.25) is 4.34 Å². The lowest BCUT2D eigenvalue weighted by Gasteiger charge is -2.24. The summed E-state index contributed by atoms with van der Waals surface area (Å²) in [5.41, 5.74) is 2.21.